The van der Waals surface area contributed by atoms with Gasteiger partial charge in [0, 0.05) is 11.8 Å². The first-order valence-corrected chi connectivity index (χ1v) is 5.13. The second-order valence-corrected chi connectivity index (χ2v) is 4.15. The van der Waals surface area contributed by atoms with Crippen molar-refractivity contribution in [1.82, 2.24) is 10.3 Å². The van der Waals surface area contributed by atoms with Gasteiger partial charge in [-0.15, -0.1) is 0 Å². The van der Waals surface area contributed by atoms with E-state index in [9.17, 15) is 5.11 Å². The van der Waals surface area contributed by atoms with Crippen molar-refractivity contribution in [1.29, 1.82) is 0 Å². The van der Waals surface area contributed by atoms with E-state index in [1.807, 2.05) is 7.05 Å². The zero-order valence-corrected chi connectivity index (χ0v) is 9.67. The first kappa shape index (κ1) is 12.2. The maximum absolute atomic E-state index is 10.2. The molecule has 1 heterocycles. The average molecular weight is 230 g/mol. The van der Waals surface area contributed by atoms with Crippen LogP contribution in [0.15, 0.2) is 12.3 Å². The van der Waals surface area contributed by atoms with Crippen molar-refractivity contribution in [2.45, 2.75) is 18.9 Å². The third-order valence-electron chi connectivity index (χ3n) is 2.33. The lowest BCUT2D eigenvalue weighted by Gasteiger charge is -2.24. The summed E-state index contributed by atoms with van der Waals surface area (Å²) in [6.07, 6.45) is 2.02. The minimum atomic E-state index is -1.01. The van der Waals surface area contributed by atoms with Gasteiger partial charge in [0.05, 0.1) is 10.6 Å². The third-order valence-corrected chi connectivity index (χ3v) is 2.53. The molecule has 0 saturated carbocycles. The molecule has 0 radical (unpaired) electrons. The van der Waals surface area contributed by atoms with Crippen LogP contribution < -0.4 is 11.1 Å². The predicted octanol–water partition coefficient (Wildman–Crippen LogP) is 1.13. The Bertz CT molecular complexity index is 341. The Hall–Kier alpha value is -0.840. The Balaban J connectivity index is 2.97. The number of hydrogen-bond acceptors (Lipinski definition) is 4. The van der Waals surface area contributed by atoms with E-state index in [4.69, 9.17) is 17.3 Å². The molecule has 1 rings (SSSR count). The van der Waals surface area contributed by atoms with Crippen LogP contribution in [0.1, 0.15) is 18.9 Å². The fourth-order valence-corrected chi connectivity index (χ4v) is 1.54. The first-order chi connectivity index (χ1) is 6.97. The number of aromatic nitrogens is 1. The van der Waals surface area contributed by atoms with Crippen LogP contribution in [-0.2, 0) is 5.60 Å². The number of nitrogens with one attached hydrogen (secondary N) is 1. The summed E-state index contributed by atoms with van der Waals surface area (Å²) in [5, 5.41) is 13.7. The molecule has 0 aliphatic rings. The second kappa shape index (κ2) is 4.79. The summed E-state index contributed by atoms with van der Waals surface area (Å²) in [6.45, 7) is 2.40. The minimum Gasteiger partial charge on any atom is -0.385 e. The fourth-order valence-electron chi connectivity index (χ4n) is 1.38. The fraction of sp³-hybridized carbons (Fsp3) is 0.500. The van der Waals surface area contributed by atoms with Gasteiger partial charge in [-0.2, -0.15) is 0 Å². The number of rotatable bonds is 4. The van der Waals surface area contributed by atoms with Crippen molar-refractivity contribution >= 4 is 17.4 Å². The van der Waals surface area contributed by atoms with Crippen molar-refractivity contribution in [3.05, 3.63) is 22.8 Å². The number of pyridine rings is 1. The molecule has 0 amide bonds. The van der Waals surface area contributed by atoms with Crippen molar-refractivity contribution < 1.29 is 5.11 Å². The summed E-state index contributed by atoms with van der Waals surface area (Å²) >= 11 is 5.81. The standard InChI is InChI=1S/C10H16ClN3O/c1-10(15,3-4-13-2)8-5-7(11)6-14-9(8)12/h5-6,13,15H,3-4H2,1-2H3,(H2,12,14). The lowest BCUT2D eigenvalue weighted by atomic mass is 9.93. The molecule has 0 aliphatic heterocycles. The Morgan fingerprint density at radius 2 is 2.33 bits per heavy atom. The summed E-state index contributed by atoms with van der Waals surface area (Å²) in [5.74, 6) is 0.320. The van der Waals surface area contributed by atoms with Crippen molar-refractivity contribution in [2.75, 3.05) is 19.3 Å². The van der Waals surface area contributed by atoms with E-state index >= 15 is 0 Å². The van der Waals surface area contributed by atoms with Crippen molar-refractivity contribution in [2.24, 2.45) is 0 Å². The zero-order valence-electron chi connectivity index (χ0n) is 8.92. The van der Waals surface area contributed by atoms with E-state index in [2.05, 4.69) is 10.3 Å². The molecule has 4 N–H and O–H groups in total. The molecule has 84 valence electrons. The normalized spacial score (nSPS) is 14.9. The molecule has 1 unspecified atom stereocenters. The average Bonchev–Trinajstić information content (AvgIpc) is 2.18. The van der Waals surface area contributed by atoms with Crippen molar-refractivity contribution in [3.8, 4) is 0 Å². The van der Waals surface area contributed by atoms with E-state index in [0.29, 0.717) is 29.4 Å². The van der Waals surface area contributed by atoms with Gasteiger partial charge >= 0.3 is 0 Å². The predicted molar refractivity (Wildman–Crippen MR) is 61.8 cm³/mol. The van der Waals surface area contributed by atoms with Gasteiger partial charge < -0.3 is 16.2 Å². The second-order valence-electron chi connectivity index (χ2n) is 3.71. The molecule has 4 nitrogen and oxygen atoms in total. The molecule has 5 heteroatoms. The minimum absolute atomic E-state index is 0.320. The van der Waals surface area contributed by atoms with Gasteiger partial charge in [-0.25, -0.2) is 4.98 Å². The van der Waals surface area contributed by atoms with Gasteiger partial charge in [-0.1, -0.05) is 11.6 Å². The van der Waals surface area contributed by atoms with E-state index in [-0.39, 0.29) is 0 Å². The third kappa shape index (κ3) is 3.06. The highest BCUT2D eigenvalue weighted by molar-refractivity contribution is 6.30. The molecule has 0 aromatic carbocycles. The van der Waals surface area contributed by atoms with E-state index in [0.717, 1.165) is 0 Å². The smallest absolute Gasteiger partial charge is 0.129 e. The molecule has 0 aliphatic carbocycles. The Morgan fingerprint density at radius 1 is 1.67 bits per heavy atom. The highest BCUT2D eigenvalue weighted by Crippen LogP contribution is 2.29. The molecule has 0 bridgehead atoms. The number of nitrogens with two attached hydrogens (primary N) is 1. The summed E-state index contributed by atoms with van der Waals surface area (Å²) in [7, 11) is 1.83. The quantitative estimate of drug-likeness (QED) is 0.724. The Labute approximate surface area is 94.5 Å². The van der Waals surface area contributed by atoms with E-state index < -0.39 is 5.60 Å². The number of aliphatic hydroxyl groups is 1. The number of nitrogen functional groups attached to an aromatic ring is 1. The van der Waals surface area contributed by atoms with Gasteiger partial charge in [0.1, 0.15) is 5.82 Å². The van der Waals surface area contributed by atoms with Crippen LogP contribution in [0.5, 0.6) is 0 Å². The molecular weight excluding hydrogens is 214 g/mol. The lowest BCUT2D eigenvalue weighted by Crippen LogP contribution is -2.27. The van der Waals surface area contributed by atoms with E-state index in [1.165, 1.54) is 6.20 Å². The SMILES string of the molecule is CNCCC(C)(O)c1cc(Cl)cnc1N. The molecule has 1 aromatic rings. The molecule has 0 saturated heterocycles. The molecular formula is C10H16ClN3O. The maximum atomic E-state index is 10.2. The van der Waals surface area contributed by atoms with Crippen LogP contribution in [0.25, 0.3) is 0 Å². The number of halogens is 1. The largest absolute Gasteiger partial charge is 0.385 e. The summed E-state index contributed by atoms with van der Waals surface area (Å²) in [5.41, 5.74) is 5.26. The monoisotopic (exact) mass is 229 g/mol. The Morgan fingerprint density at radius 3 is 2.93 bits per heavy atom. The number of anilines is 1. The van der Waals surface area contributed by atoms with Crippen molar-refractivity contribution in [3.63, 3.8) is 0 Å². The topological polar surface area (TPSA) is 71.2 Å². The molecule has 1 atom stereocenters. The molecule has 15 heavy (non-hydrogen) atoms. The summed E-state index contributed by atoms with van der Waals surface area (Å²) in [4.78, 5) is 3.92. The van der Waals surface area contributed by atoms with Crippen LogP contribution in [0.2, 0.25) is 5.02 Å². The summed E-state index contributed by atoms with van der Waals surface area (Å²) in [6, 6.07) is 1.65. The van der Waals surface area contributed by atoms with Gasteiger partial charge in [0.15, 0.2) is 0 Å². The summed E-state index contributed by atoms with van der Waals surface area (Å²) < 4.78 is 0. The number of nitrogens with zero attached hydrogens (tertiary/aromatic N) is 1. The van der Waals surface area contributed by atoms with Crippen LogP contribution in [0, 0.1) is 0 Å². The first-order valence-electron chi connectivity index (χ1n) is 4.76. The zero-order chi connectivity index (χ0) is 11.5. The van der Waals surface area contributed by atoms with Crippen LogP contribution >= 0.6 is 11.6 Å². The molecule has 0 spiro atoms. The Kier molecular flexibility index (Phi) is 3.90. The maximum Gasteiger partial charge on any atom is 0.129 e. The number of hydrogen-bond donors (Lipinski definition) is 3. The van der Waals surface area contributed by atoms with Crippen LogP contribution in [0.3, 0.4) is 0 Å². The lowest BCUT2D eigenvalue weighted by molar-refractivity contribution is 0.0490. The highest BCUT2D eigenvalue weighted by Gasteiger charge is 2.25. The molecule has 1 aromatic heterocycles. The highest BCUT2D eigenvalue weighted by atomic mass is 35.5. The van der Waals surface area contributed by atoms with Crippen LogP contribution in [0.4, 0.5) is 5.82 Å². The van der Waals surface area contributed by atoms with Crippen LogP contribution in [-0.4, -0.2) is 23.7 Å². The van der Waals surface area contributed by atoms with Gasteiger partial charge in [0.25, 0.3) is 0 Å². The van der Waals surface area contributed by atoms with Gasteiger partial charge in [-0.3, -0.25) is 0 Å². The molecule has 0 fully saturated rings. The van der Waals surface area contributed by atoms with E-state index in [1.54, 1.807) is 13.0 Å². The van der Waals surface area contributed by atoms with Gasteiger partial charge in [0.2, 0.25) is 0 Å². The van der Waals surface area contributed by atoms with Gasteiger partial charge in [-0.05, 0) is 33.0 Å².